The number of aromatic nitrogens is 1. The summed E-state index contributed by atoms with van der Waals surface area (Å²) in [5.41, 5.74) is 17.7. The van der Waals surface area contributed by atoms with Gasteiger partial charge >= 0.3 is 0 Å². The number of hydrogen-bond acceptors (Lipinski definition) is 2. The van der Waals surface area contributed by atoms with E-state index in [2.05, 4.69) is 217 Å². The molecule has 3 nitrogen and oxygen atoms in total. The first-order valence-corrected chi connectivity index (χ1v) is 21.0. The Kier molecular flexibility index (Phi) is 7.71. The molecule has 0 aliphatic heterocycles. The summed E-state index contributed by atoms with van der Waals surface area (Å²) in [5.74, 6) is 0.361. The predicted molar refractivity (Wildman–Crippen MR) is 251 cm³/mol. The standard InChI is InChI=1S/C57H42N2O/c1-57(2)50-19-9-6-15-44(50)45-33-32-43(36-51(45)57)58(41-28-23-38(24-29-41)37-13-4-3-5-14-37)42-30-25-39(26-31-42)40-27-34-53-49(35-40)46-16-7-10-20-52(46)59(53)54-21-12-18-48-47-17-8-11-22-55(47)60-56(48)54/h3-23,25-36,38H,24H2,1-2H3. The molecule has 2 aliphatic carbocycles. The Hall–Kier alpha value is -7.36. The number of anilines is 2. The van der Waals surface area contributed by atoms with E-state index in [1.807, 2.05) is 6.07 Å². The minimum absolute atomic E-state index is 0.0903. The summed E-state index contributed by atoms with van der Waals surface area (Å²) in [5, 5.41) is 4.70. The fourth-order valence-corrected chi connectivity index (χ4v) is 10.1. The molecule has 10 aromatic rings. The zero-order valence-corrected chi connectivity index (χ0v) is 33.6. The molecule has 286 valence electrons. The van der Waals surface area contributed by atoms with Gasteiger partial charge in [0.2, 0.25) is 0 Å². The fraction of sp³-hybridized carbons (Fsp3) is 0.0877. The third-order valence-corrected chi connectivity index (χ3v) is 13.1. The quantitative estimate of drug-likeness (QED) is 0.168. The Morgan fingerprint density at radius 3 is 2.10 bits per heavy atom. The summed E-state index contributed by atoms with van der Waals surface area (Å²) in [4.78, 5) is 2.44. The van der Waals surface area contributed by atoms with Crippen LogP contribution in [0.2, 0.25) is 0 Å². The number of para-hydroxylation sites is 3. The molecule has 0 saturated carbocycles. The van der Waals surface area contributed by atoms with Crippen LogP contribution < -0.4 is 4.90 Å². The van der Waals surface area contributed by atoms with Gasteiger partial charge in [0.1, 0.15) is 5.58 Å². The van der Waals surface area contributed by atoms with Gasteiger partial charge in [0.15, 0.2) is 5.58 Å². The first-order valence-electron chi connectivity index (χ1n) is 21.0. The van der Waals surface area contributed by atoms with Crippen molar-refractivity contribution >= 4 is 55.1 Å². The van der Waals surface area contributed by atoms with Crippen LogP contribution in [0.4, 0.5) is 11.4 Å². The van der Waals surface area contributed by atoms with E-state index in [0.29, 0.717) is 5.92 Å². The van der Waals surface area contributed by atoms with Gasteiger partial charge in [0.25, 0.3) is 0 Å². The van der Waals surface area contributed by atoms with E-state index in [9.17, 15) is 0 Å². The number of benzene rings is 8. The normalized spacial score (nSPS) is 15.4. The van der Waals surface area contributed by atoms with Crippen LogP contribution in [0, 0.1) is 0 Å². The molecule has 0 spiro atoms. The van der Waals surface area contributed by atoms with Crippen LogP contribution in [0.3, 0.4) is 0 Å². The molecule has 1 atom stereocenters. The summed E-state index contributed by atoms with van der Waals surface area (Å²) >= 11 is 0. The lowest BCUT2D eigenvalue weighted by Crippen LogP contribution is -2.19. The van der Waals surface area contributed by atoms with Crippen molar-refractivity contribution in [2.24, 2.45) is 0 Å². The average Bonchev–Trinajstić information content (AvgIpc) is 3.92. The van der Waals surface area contributed by atoms with Gasteiger partial charge in [0, 0.05) is 49.9 Å². The van der Waals surface area contributed by atoms with Crippen molar-refractivity contribution < 1.29 is 4.42 Å². The van der Waals surface area contributed by atoms with Gasteiger partial charge in [-0.05, 0) is 106 Å². The molecule has 2 heterocycles. The Morgan fingerprint density at radius 1 is 0.550 bits per heavy atom. The molecule has 0 radical (unpaired) electrons. The van der Waals surface area contributed by atoms with Crippen LogP contribution in [-0.2, 0) is 5.41 Å². The van der Waals surface area contributed by atoms with E-state index < -0.39 is 0 Å². The van der Waals surface area contributed by atoms with E-state index >= 15 is 0 Å². The van der Waals surface area contributed by atoms with Gasteiger partial charge in [0.05, 0.1) is 16.7 Å². The molecule has 0 amide bonds. The predicted octanol–water partition coefficient (Wildman–Crippen LogP) is 15.4. The molecule has 0 N–H and O–H groups in total. The van der Waals surface area contributed by atoms with Crippen molar-refractivity contribution in [3.63, 3.8) is 0 Å². The molecule has 8 aromatic carbocycles. The number of nitrogens with zero attached hydrogens (tertiary/aromatic N) is 2. The van der Waals surface area contributed by atoms with Crippen LogP contribution in [0.25, 0.3) is 71.7 Å². The monoisotopic (exact) mass is 770 g/mol. The summed E-state index contributed by atoms with van der Waals surface area (Å²) < 4.78 is 8.91. The van der Waals surface area contributed by atoms with Gasteiger partial charge < -0.3 is 13.9 Å². The largest absolute Gasteiger partial charge is 0.454 e. The van der Waals surface area contributed by atoms with E-state index in [1.165, 1.54) is 61.1 Å². The molecule has 0 fully saturated rings. The summed E-state index contributed by atoms with van der Waals surface area (Å²) in [6.07, 6.45) is 8.05. The lowest BCUT2D eigenvalue weighted by molar-refractivity contribution is 0.660. The zero-order valence-electron chi connectivity index (χ0n) is 33.6. The molecule has 12 rings (SSSR count). The van der Waals surface area contributed by atoms with Crippen LogP contribution in [0.5, 0.6) is 0 Å². The Morgan fingerprint density at radius 2 is 1.25 bits per heavy atom. The summed E-state index contributed by atoms with van der Waals surface area (Å²) in [6, 6.07) is 66.3. The highest BCUT2D eigenvalue weighted by Crippen LogP contribution is 2.50. The maximum Gasteiger partial charge on any atom is 0.159 e. The van der Waals surface area contributed by atoms with E-state index in [-0.39, 0.29) is 5.41 Å². The number of allylic oxidation sites excluding steroid dienone is 3. The van der Waals surface area contributed by atoms with Crippen LogP contribution in [0.15, 0.2) is 210 Å². The summed E-state index contributed by atoms with van der Waals surface area (Å²) in [7, 11) is 0. The highest BCUT2D eigenvalue weighted by molar-refractivity contribution is 6.13. The van der Waals surface area contributed by atoms with Gasteiger partial charge in [-0.25, -0.2) is 0 Å². The van der Waals surface area contributed by atoms with Gasteiger partial charge in [-0.1, -0.05) is 153 Å². The first kappa shape index (κ1) is 34.7. The third-order valence-electron chi connectivity index (χ3n) is 13.1. The highest BCUT2D eigenvalue weighted by Gasteiger charge is 2.36. The smallest absolute Gasteiger partial charge is 0.159 e. The van der Waals surface area contributed by atoms with E-state index in [4.69, 9.17) is 4.42 Å². The topological polar surface area (TPSA) is 21.3 Å². The average molecular weight is 771 g/mol. The second kappa shape index (κ2) is 13.3. The SMILES string of the molecule is CC1(C)c2ccccc2-c2ccc(N(C3=CCC(c4ccccc4)C=C3)c3ccc(-c4ccc5c(c4)c4ccccc4n5-c4cccc5c4oc4ccccc45)cc3)cc21. The lowest BCUT2D eigenvalue weighted by atomic mass is 9.82. The van der Waals surface area contributed by atoms with Crippen molar-refractivity contribution in [3.05, 3.63) is 223 Å². The second-order valence-electron chi connectivity index (χ2n) is 16.9. The van der Waals surface area contributed by atoms with E-state index in [0.717, 1.165) is 50.8 Å². The lowest BCUT2D eigenvalue weighted by Gasteiger charge is -2.31. The minimum atomic E-state index is -0.0903. The molecule has 2 aromatic heterocycles. The van der Waals surface area contributed by atoms with Gasteiger partial charge in [-0.3, -0.25) is 0 Å². The van der Waals surface area contributed by atoms with Crippen molar-refractivity contribution in [1.29, 1.82) is 0 Å². The maximum absolute atomic E-state index is 6.54. The minimum Gasteiger partial charge on any atom is -0.454 e. The molecule has 2 aliphatic rings. The van der Waals surface area contributed by atoms with Gasteiger partial charge in [-0.15, -0.1) is 0 Å². The highest BCUT2D eigenvalue weighted by atomic mass is 16.3. The second-order valence-corrected chi connectivity index (χ2v) is 16.9. The van der Waals surface area contributed by atoms with Crippen LogP contribution in [-0.4, -0.2) is 4.57 Å². The molecular weight excluding hydrogens is 729 g/mol. The number of fused-ring (bicyclic) bond motifs is 9. The molecule has 0 bridgehead atoms. The van der Waals surface area contributed by atoms with E-state index in [1.54, 1.807) is 0 Å². The summed E-state index contributed by atoms with van der Waals surface area (Å²) in [6.45, 7) is 4.72. The Labute approximate surface area is 349 Å². The molecule has 60 heavy (non-hydrogen) atoms. The maximum atomic E-state index is 6.54. The zero-order chi connectivity index (χ0) is 40.0. The molecule has 1 unspecified atom stereocenters. The van der Waals surface area contributed by atoms with Crippen molar-refractivity contribution in [2.45, 2.75) is 31.6 Å². The number of rotatable bonds is 6. The molecule has 3 heteroatoms. The Bertz CT molecular complexity index is 3380. The number of furan rings is 1. The first-order chi connectivity index (χ1) is 29.5. The molecule has 0 saturated heterocycles. The fourth-order valence-electron chi connectivity index (χ4n) is 10.1. The van der Waals surface area contributed by atoms with Gasteiger partial charge in [-0.2, -0.15) is 0 Å². The third kappa shape index (κ3) is 5.29. The van der Waals surface area contributed by atoms with Crippen LogP contribution >= 0.6 is 0 Å². The molecular formula is C57H42N2O. The number of hydrogen-bond donors (Lipinski definition) is 0. The van der Waals surface area contributed by atoms with Crippen molar-refractivity contribution in [3.8, 4) is 27.9 Å². The van der Waals surface area contributed by atoms with Crippen LogP contribution in [0.1, 0.15) is 42.9 Å². The Balaban J connectivity index is 0.947. The van der Waals surface area contributed by atoms with Crippen molar-refractivity contribution in [1.82, 2.24) is 4.57 Å². The van der Waals surface area contributed by atoms with Crippen molar-refractivity contribution in [2.75, 3.05) is 4.90 Å².